The molecule has 3 aromatic rings. The van der Waals surface area contributed by atoms with E-state index in [9.17, 15) is 0 Å². The highest BCUT2D eigenvalue weighted by Crippen LogP contribution is 2.48. The van der Waals surface area contributed by atoms with Crippen LogP contribution in [0.4, 0.5) is 0 Å². The monoisotopic (exact) mass is 675 g/mol. The predicted molar refractivity (Wildman–Crippen MR) is 214 cm³/mol. The van der Waals surface area contributed by atoms with E-state index in [1.807, 2.05) is 0 Å². The first-order valence-electron chi connectivity index (χ1n) is 19.4. The number of hydrogen-bond acceptors (Lipinski definition) is 2. The van der Waals surface area contributed by atoms with Gasteiger partial charge in [-0.3, -0.25) is 0 Å². The molecule has 0 aromatic heterocycles. The molecule has 2 nitrogen and oxygen atoms in total. The summed E-state index contributed by atoms with van der Waals surface area (Å²) in [4.78, 5) is 2.72. The molecule has 256 valence electrons. The lowest BCUT2D eigenvalue weighted by Gasteiger charge is -2.42. The van der Waals surface area contributed by atoms with Crippen LogP contribution in [0.2, 0.25) is 0 Å². The van der Waals surface area contributed by atoms with Crippen LogP contribution in [0.1, 0.15) is 55.6 Å². The summed E-state index contributed by atoms with van der Waals surface area (Å²) in [6.07, 6.45) is 37.8. The van der Waals surface area contributed by atoms with E-state index in [1.54, 1.807) is 0 Å². The van der Waals surface area contributed by atoms with Crippen molar-refractivity contribution in [2.45, 2.75) is 56.6 Å². The molecule has 6 unspecified atom stereocenters. The fraction of sp³-hybridized carbons (Fsp3) is 0.240. The zero-order valence-electron chi connectivity index (χ0n) is 29.7. The van der Waals surface area contributed by atoms with Crippen LogP contribution in [-0.2, 0) is 4.74 Å². The highest BCUT2D eigenvalue weighted by atomic mass is 16.5. The van der Waals surface area contributed by atoms with Gasteiger partial charge in [-0.25, -0.2) is 0 Å². The van der Waals surface area contributed by atoms with E-state index in [4.69, 9.17) is 4.74 Å². The normalized spacial score (nSPS) is 28.3. The molecule has 0 saturated carbocycles. The second kappa shape index (κ2) is 13.3. The summed E-state index contributed by atoms with van der Waals surface area (Å²) in [7, 11) is 0. The second-order valence-electron chi connectivity index (χ2n) is 15.2. The Balaban J connectivity index is 1.01. The molecule has 7 aliphatic rings. The first kappa shape index (κ1) is 31.4. The van der Waals surface area contributed by atoms with Crippen LogP contribution >= 0.6 is 0 Å². The predicted octanol–water partition coefficient (Wildman–Crippen LogP) is 10.00. The van der Waals surface area contributed by atoms with Crippen molar-refractivity contribution in [2.75, 3.05) is 0 Å². The van der Waals surface area contributed by atoms with E-state index >= 15 is 0 Å². The molecule has 0 radical (unpaired) electrons. The van der Waals surface area contributed by atoms with Crippen LogP contribution in [0.15, 0.2) is 187 Å². The Morgan fingerprint density at radius 3 is 2.35 bits per heavy atom. The highest BCUT2D eigenvalue weighted by Gasteiger charge is 2.39. The highest BCUT2D eigenvalue weighted by molar-refractivity contribution is 5.80. The maximum Gasteiger partial charge on any atom is 0.127 e. The molecule has 0 saturated heterocycles. The van der Waals surface area contributed by atoms with E-state index in [-0.39, 0.29) is 18.1 Å². The van der Waals surface area contributed by atoms with Crippen molar-refractivity contribution in [3.63, 3.8) is 0 Å². The van der Waals surface area contributed by atoms with Gasteiger partial charge in [-0.1, -0.05) is 152 Å². The van der Waals surface area contributed by atoms with Crippen molar-refractivity contribution in [1.82, 2.24) is 4.90 Å². The summed E-state index contributed by atoms with van der Waals surface area (Å²) in [5.41, 5.74) is 11.1. The molecule has 0 amide bonds. The van der Waals surface area contributed by atoms with Crippen molar-refractivity contribution >= 4 is 16.8 Å². The summed E-state index contributed by atoms with van der Waals surface area (Å²) in [6.45, 7) is 0. The first-order valence-corrected chi connectivity index (χ1v) is 19.4. The molecule has 0 bridgehead atoms. The lowest BCUT2D eigenvalue weighted by molar-refractivity contribution is 0.175. The molecule has 6 atom stereocenters. The molecule has 3 aromatic carbocycles. The van der Waals surface area contributed by atoms with Gasteiger partial charge in [0.25, 0.3) is 0 Å². The molecule has 2 heteroatoms. The van der Waals surface area contributed by atoms with Crippen molar-refractivity contribution in [2.24, 2.45) is 17.8 Å². The zero-order valence-corrected chi connectivity index (χ0v) is 29.7. The number of ether oxygens (including phenoxy) is 1. The van der Waals surface area contributed by atoms with Gasteiger partial charge in [0.1, 0.15) is 11.9 Å². The van der Waals surface area contributed by atoms with Crippen LogP contribution < -0.4 is 10.4 Å². The van der Waals surface area contributed by atoms with E-state index < -0.39 is 0 Å². The van der Waals surface area contributed by atoms with Crippen molar-refractivity contribution in [3.05, 3.63) is 208 Å². The van der Waals surface area contributed by atoms with Crippen molar-refractivity contribution < 1.29 is 4.74 Å². The van der Waals surface area contributed by atoms with Crippen LogP contribution in [0, 0.1) is 17.8 Å². The minimum Gasteiger partial charge on any atom is -0.485 e. The minimum atomic E-state index is 0.0910. The number of rotatable bonds is 6. The Kier molecular flexibility index (Phi) is 8.05. The third-order valence-corrected chi connectivity index (χ3v) is 12.3. The molecular formula is C50H45NO. The number of benzene rings is 3. The summed E-state index contributed by atoms with van der Waals surface area (Å²) >= 11 is 0. The van der Waals surface area contributed by atoms with Gasteiger partial charge in [0, 0.05) is 39.9 Å². The van der Waals surface area contributed by atoms with Gasteiger partial charge in [-0.15, -0.1) is 0 Å². The quantitative estimate of drug-likeness (QED) is 0.258. The molecule has 0 N–H and O–H groups in total. The number of nitrogens with zero attached hydrogens (tertiary/aromatic N) is 1. The largest absolute Gasteiger partial charge is 0.485 e. The first-order chi connectivity index (χ1) is 25.8. The molecule has 0 spiro atoms. The molecule has 1 aliphatic heterocycles. The summed E-state index contributed by atoms with van der Waals surface area (Å²) in [6, 6.07) is 31.2. The SMILES string of the molecule is C1=CC(c2ccccc2)C(N(C2=CCC(C3=CC4C5=C(OC4C=C3)C(c3ccccc3)=CCC5)C=C2)C2=c3ccccc3=C3C=CCCC3C2)C=C1. The molecule has 0 fully saturated rings. The Morgan fingerprint density at radius 2 is 1.50 bits per heavy atom. The van der Waals surface area contributed by atoms with Gasteiger partial charge >= 0.3 is 0 Å². The van der Waals surface area contributed by atoms with Gasteiger partial charge in [0.05, 0.1) is 6.04 Å². The van der Waals surface area contributed by atoms with E-state index in [0.717, 1.165) is 37.9 Å². The average Bonchev–Trinajstić information content (AvgIpc) is 3.60. The lowest BCUT2D eigenvalue weighted by atomic mass is 9.78. The fourth-order valence-corrected chi connectivity index (χ4v) is 9.80. The van der Waals surface area contributed by atoms with Gasteiger partial charge in [0.2, 0.25) is 0 Å². The van der Waals surface area contributed by atoms with Gasteiger partial charge in [-0.2, -0.15) is 0 Å². The van der Waals surface area contributed by atoms with Crippen LogP contribution in [0.25, 0.3) is 16.8 Å². The van der Waals surface area contributed by atoms with E-state index in [2.05, 4.69) is 169 Å². The summed E-state index contributed by atoms with van der Waals surface area (Å²) in [5, 5.41) is 2.80. The molecule has 1 heterocycles. The molecule has 6 aliphatic carbocycles. The minimum absolute atomic E-state index is 0.0910. The maximum absolute atomic E-state index is 6.69. The maximum atomic E-state index is 6.69. The number of fused-ring (bicyclic) bond motifs is 4. The summed E-state index contributed by atoms with van der Waals surface area (Å²) < 4.78 is 6.69. The van der Waals surface area contributed by atoms with Crippen molar-refractivity contribution in [1.29, 1.82) is 0 Å². The Hall–Kier alpha value is -5.34. The van der Waals surface area contributed by atoms with Crippen molar-refractivity contribution in [3.8, 4) is 0 Å². The second-order valence-corrected chi connectivity index (χ2v) is 15.2. The smallest absolute Gasteiger partial charge is 0.127 e. The zero-order chi connectivity index (χ0) is 34.4. The Morgan fingerprint density at radius 1 is 0.692 bits per heavy atom. The standard InChI is InChI=1S/C50H45NO/c1-3-14-35(15-4-1)41-20-11-12-25-47(41)51(48-33-38-18-7-8-19-40(38)43-21-9-10-22-44(43)48)39-29-26-34(27-30-39)37-28-31-49-46(32-37)45-24-13-23-42(50(45)52-49)36-16-5-2-6-17-36/h1-6,8-12,14-17,19-23,25-26,28-32,34,38,41,46-47,49H,7,13,18,24,27,33H2. The third kappa shape index (κ3) is 5.48. The van der Waals surface area contributed by atoms with E-state index in [0.29, 0.717) is 17.8 Å². The number of allylic oxidation sites excluding steroid dienone is 11. The molecular weight excluding hydrogens is 631 g/mol. The van der Waals surface area contributed by atoms with Gasteiger partial charge in [-0.05, 0) is 89.7 Å². The van der Waals surface area contributed by atoms with Crippen LogP contribution in [-0.4, -0.2) is 17.0 Å². The van der Waals surface area contributed by atoms with Crippen LogP contribution in [0.3, 0.4) is 0 Å². The topological polar surface area (TPSA) is 12.5 Å². The molecule has 10 rings (SSSR count). The number of hydrogen-bond donors (Lipinski definition) is 0. The Labute approximate surface area is 307 Å². The molecule has 52 heavy (non-hydrogen) atoms. The summed E-state index contributed by atoms with van der Waals surface area (Å²) in [5.74, 6) is 2.58. The van der Waals surface area contributed by atoms with E-state index in [1.165, 1.54) is 61.7 Å². The Bertz CT molecular complexity index is 2310. The van der Waals surface area contributed by atoms with Gasteiger partial charge in [0.15, 0.2) is 0 Å². The third-order valence-electron chi connectivity index (χ3n) is 12.3. The van der Waals surface area contributed by atoms with Gasteiger partial charge < -0.3 is 9.64 Å². The fourth-order valence-electron chi connectivity index (χ4n) is 9.80. The average molecular weight is 676 g/mol. The van der Waals surface area contributed by atoms with Crippen LogP contribution in [0.5, 0.6) is 0 Å². The lowest BCUT2D eigenvalue weighted by Crippen LogP contribution is -2.45.